The summed E-state index contributed by atoms with van der Waals surface area (Å²) in [5, 5.41) is 9.50. The summed E-state index contributed by atoms with van der Waals surface area (Å²) < 4.78 is 6.50. The van der Waals surface area contributed by atoms with Gasteiger partial charge in [-0.25, -0.2) is 4.98 Å². The molecule has 0 bridgehead atoms. The standard InChI is InChI=1S/C25H27N5OS2/c1-17(2)33-22-6-4-3-5-20(22)27-24-23-21(11-16-32-23)28-25(29-24)26-18-7-9-19(10-8-18)30-12-14-31-15-13-30/h3-11,16-17H,12-15H2,1-2H3,(H2,26,27,28,29). The average Bonchev–Trinajstić information content (AvgIpc) is 3.30. The number of thiophene rings is 1. The third kappa shape index (κ3) is 5.24. The van der Waals surface area contributed by atoms with E-state index in [1.807, 2.05) is 17.8 Å². The number of hydrogen-bond acceptors (Lipinski definition) is 8. The van der Waals surface area contributed by atoms with E-state index < -0.39 is 0 Å². The molecule has 1 aliphatic heterocycles. The largest absolute Gasteiger partial charge is 0.378 e. The molecule has 4 aromatic rings. The lowest BCUT2D eigenvalue weighted by Gasteiger charge is -2.28. The molecule has 2 N–H and O–H groups in total. The number of para-hydroxylation sites is 1. The molecule has 1 fully saturated rings. The number of thioether (sulfide) groups is 1. The second-order valence-electron chi connectivity index (χ2n) is 8.09. The summed E-state index contributed by atoms with van der Waals surface area (Å²) in [6.45, 7) is 7.82. The first-order chi connectivity index (χ1) is 16.2. The monoisotopic (exact) mass is 477 g/mol. The Kier molecular flexibility index (Phi) is 6.66. The van der Waals surface area contributed by atoms with Gasteiger partial charge in [-0.15, -0.1) is 23.1 Å². The van der Waals surface area contributed by atoms with Gasteiger partial charge in [0.2, 0.25) is 5.95 Å². The molecule has 33 heavy (non-hydrogen) atoms. The highest BCUT2D eigenvalue weighted by Gasteiger charge is 2.14. The van der Waals surface area contributed by atoms with Gasteiger partial charge >= 0.3 is 0 Å². The molecule has 6 nitrogen and oxygen atoms in total. The predicted octanol–water partition coefficient (Wildman–Crippen LogP) is 6.52. The number of benzene rings is 2. The molecule has 170 valence electrons. The number of anilines is 5. The summed E-state index contributed by atoms with van der Waals surface area (Å²) in [5.74, 6) is 1.40. The second-order valence-corrected chi connectivity index (χ2v) is 10.6. The summed E-state index contributed by atoms with van der Waals surface area (Å²) in [5.41, 5.74) is 4.16. The van der Waals surface area contributed by atoms with E-state index in [2.05, 4.69) is 83.3 Å². The maximum atomic E-state index is 5.46. The molecule has 2 aromatic heterocycles. The molecule has 0 amide bonds. The van der Waals surface area contributed by atoms with Gasteiger partial charge in [0.1, 0.15) is 0 Å². The van der Waals surface area contributed by atoms with Gasteiger partial charge in [-0.1, -0.05) is 26.0 Å². The fraction of sp³-hybridized carbons (Fsp3) is 0.280. The van der Waals surface area contributed by atoms with Crippen molar-refractivity contribution in [3.05, 3.63) is 60.0 Å². The zero-order valence-corrected chi connectivity index (χ0v) is 20.4. The normalized spacial score (nSPS) is 14.1. The Bertz CT molecular complexity index is 1220. The summed E-state index contributed by atoms with van der Waals surface area (Å²) in [4.78, 5) is 13.1. The van der Waals surface area contributed by atoms with E-state index in [9.17, 15) is 0 Å². The molecular formula is C25H27N5OS2. The van der Waals surface area contributed by atoms with E-state index in [1.165, 1.54) is 10.6 Å². The molecule has 0 atom stereocenters. The lowest BCUT2D eigenvalue weighted by atomic mass is 10.2. The van der Waals surface area contributed by atoms with Crippen molar-refractivity contribution in [2.24, 2.45) is 0 Å². The Balaban J connectivity index is 1.39. The molecular weight excluding hydrogens is 450 g/mol. The summed E-state index contributed by atoms with van der Waals surface area (Å²) in [6.07, 6.45) is 0. The minimum atomic E-state index is 0.498. The quantitative estimate of drug-likeness (QED) is 0.294. The Morgan fingerprint density at radius 1 is 0.970 bits per heavy atom. The first-order valence-electron chi connectivity index (χ1n) is 11.1. The van der Waals surface area contributed by atoms with Gasteiger partial charge < -0.3 is 20.3 Å². The minimum Gasteiger partial charge on any atom is -0.378 e. The maximum Gasteiger partial charge on any atom is 0.229 e. The zero-order valence-electron chi connectivity index (χ0n) is 18.7. The van der Waals surface area contributed by atoms with E-state index in [1.54, 1.807) is 11.3 Å². The van der Waals surface area contributed by atoms with Crippen molar-refractivity contribution in [2.75, 3.05) is 41.8 Å². The van der Waals surface area contributed by atoms with Crippen LogP contribution in [0.2, 0.25) is 0 Å². The fourth-order valence-electron chi connectivity index (χ4n) is 3.76. The molecule has 0 aliphatic carbocycles. The number of nitrogens with zero attached hydrogens (tertiary/aromatic N) is 3. The molecule has 0 saturated carbocycles. The van der Waals surface area contributed by atoms with E-state index >= 15 is 0 Å². The second kappa shape index (κ2) is 9.99. The number of aromatic nitrogens is 2. The Hall–Kier alpha value is -2.81. The highest BCUT2D eigenvalue weighted by molar-refractivity contribution is 8.00. The number of rotatable bonds is 7. The van der Waals surface area contributed by atoms with Crippen LogP contribution in [0.25, 0.3) is 10.2 Å². The summed E-state index contributed by atoms with van der Waals surface area (Å²) in [6, 6.07) is 18.8. The van der Waals surface area contributed by atoms with Gasteiger partial charge in [0.15, 0.2) is 5.82 Å². The smallest absolute Gasteiger partial charge is 0.229 e. The lowest BCUT2D eigenvalue weighted by molar-refractivity contribution is 0.122. The van der Waals surface area contributed by atoms with Crippen LogP contribution in [0.3, 0.4) is 0 Å². The lowest BCUT2D eigenvalue weighted by Crippen LogP contribution is -2.36. The first-order valence-corrected chi connectivity index (χ1v) is 12.9. The first kappa shape index (κ1) is 22.0. The van der Waals surface area contributed by atoms with Crippen LogP contribution in [0.4, 0.5) is 28.8 Å². The summed E-state index contributed by atoms with van der Waals surface area (Å²) in [7, 11) is 0. The topological polar surface area (TPSA) is 62.3 Å². The SMILES string of the molecule is CC(C)Sc1ccccc1Nc1nc(Nc2ccc(N3CCOCC3)cc2)nc2ccsc12. The number of hydrogen-bond donors (Lipinski definition) is 2. The van der Waals surface area contributed by atoms with Crippen LogP contribution in [0.15, 0.2) is 64.9 Å². The van der Waals surface area contributed by atoms with Crippen molar-refractivity contribution in [1.29, 1.82) is 0 Å². The van der Waals surface area contributed by atoms with E-state index in [-0.39, 0.29) is 0 Å². The third-order valence-corrected chi connectivity index (χ3v) is 7.30. The Morgan fingerprint density at radius 2 is 1.76 bits per heavy atom. The van der Waals surface area contributed by atoms with Gasteiger partial charge in [0, 0.05) is 34.6 Å². The van der Waals surface area contributed by atoms with Crippen LogP contribution < -0.4 is 15.5 Å². The Morgan fingerprint density at radius 3 is 2.55 bits per heavy atom. The highest BCUT2D eigenvalue weighted by Crippen LogP contribution is 2.35. The highest BCUT2D eigenvalue weighted by atomic mass is 32.2. The van der Waals surface area contributed by atoms with Crippen molar-refractivity contribution in [1.82, 2.24) is 9.97 Å². The molecule has 0 unspecified atom stereocenters. The van der Waals surface area contributed by atoms with Gasteiger partial charge in [0.05, 0.1) is 29.1 Å². The van der Waals surface area contributed by atoms with Gasteiger partial charge in [-0.3, -0.25) is 0 Å². The number of ether oxygens (including phenoxy) is 1. The molecule has 3 heterocycles. The molecule has 2 aromatic carbocycles. The van der Waals surface area contributed by atoms with E-state index in [0.717, 1.165) is 53.7 Å². The van der Waals surface area contributed by atoms with E-state index in [4.69, 9.17) is 14.7 Å². The van der Waals surface area contributed by atoms with Crippen molar-refractivity contribution >= 4 is 62.1 Å². The zero-order chi connectivity index (χ0) is 22.6. The van der Waals surface area contributed by atoms with Gasteiger partial charge in [-0.2, -0.15) is 4.98 Å². The van der Waals surface area contributed by atoms with Crippen LogP contribution in [0.1, 0.15) is 13.8 Å². The van der Waals surface area contributed by atoms with Crippen LogP contribution in [-0.4, -0.2) is 41.5 Å². The number of nitrogens with one attached hydrogen (secondary N) is 2. The van der Waals surface area contributed by atoms with Crippen LogP contribution >= 0.6 is 23.1 Å². The summed E-state index contributed by atoms with van der Waals surface area (Å²) >= 11 is 3.49. The van der Waals surface area contributed by atoms with Gasteiger partial charge in [-0.05, 0) is 47.8 Å². The molecule has 8 heteroatoms. The van der Waals surface area contributed by atoms with Crippen LogP contribution in [0.5, 0.6) is 0 Å². The van der Waals surface area contributed by atoms with Crippen LogP contribution in [-0.2, 0) is 4.74 Å². The minimum absolute atomic E-state index is 0.498. The van der Waals surface area contributed by atoms with E-state index in [0.29, 0.717) is 11.2 Å². The van der Waals surface area contributed by atoms with Crippen molar-refractivity contribution in [2.45, 2.75) is 24.0 Å². The molecule has 5 rings (SSSR count). The number of morpholine rings is 1. The number of fused-ring (bicyclic) bond motifs is 1. The van der Waals surface area contributed by atoms with Gasteiger partial charge in [0.25, 0.3) is 0 Å². The van der Waals surface area contributed by atoms with Crippen molar-refractivity contribution in [3.63, 3.8) is 0 Å². The predicted molar refractivity (Wildman–Crippen MR) is 141 cm³/mol. The van der Waals surface area contributed by atoms with Crippen molar-refractivity contribution < 1.29 is 4.74 Å². The third-order valence-electron chi connectivity index (χ3n) is 5.31. The molecule has 1 saturated heterocycles. The molecule has 1 aliphatic rings. The maximum absolute atomic E-state index is 5.46. The fourth-order valence-corrected chi connectivity index (χ4v) is 5.45. The molecule has 0 spiro atoms. The van der Waals surface area contributed by atoms with Crippen molar-refractivity contribution in [3.8, 4) is 0 Å². The average molecular weight is 478 g/mol. The van der Waals surface area contributed by atoms with Crippen LogP contribution in [0, 0.1) is 0 Å². The molecule has 0 radical (unpaired) electrons. The Labute approximate surface area is 202 Å².